The summed E-state index contributed by atoms with van der Waals surface area (Å²) in [6.07, 6.45) is 2.04. The highest BCUT2D eigenvalue weighted by atomic mass is 32.1. The van der Waals surface area contributed by atoms with E-state index < -0.39 is 0 Å². The van der Waals surface area contributed by atoms with Gasteiger partial charge in [0.15, 0.2) is 0 Å². The van der Waals surface area contributed by atoms with Gasteiger partial charge in [-0.05, 0) is 24.3 Å². The van der Waals surface area contributed by atoms with E-state index in [2.05, 4.69) is 4.98 Å². The summed E-state index contributed by atoms with van der Waals surface area (Å²) >= 11 is 3.19. The zero-order valence-corrected chi connectivity index (χ0v) is 12.8. The van der Waals surface area contributed by atoms with Gasteiger partial charge in [0.2, 0.25) is 0 Å². The Hall–Kier alpha value is -1.73. The first-order chi connectivity index (χ1) is 10.2. The molecule has 0 spiro atoms. The van der Waals surface area contributed by atoms with E-state index in [0.29, 0.717) is 0 Å². The van der Waals surface area contributed by atoms with Crippen molar-refractivity contribution in [2.45, 2.75) is 25.4 Å². The fraction of sp³-hybridized carbons (Fsp3) is 0.357. The van der Waals surface area contributed by atoms with Crippen molar-refractivity contribution in [3.05, 3.63) is 28.6 Å². The second-order valence-electron chi connectivity index (χ2n) is 5.24. The summed E-state index contributed by atoms with van der Waals surface area (Å²) in [7, 11) is 0. The van der Waals surface area contributed by atoms with Gasteiger partial charge >= 0.3 is 6.03 Å². The molecule has 3 amide bonds. The summed E-state index contributed by atoms with van der Waals surface area (Å²) in [5.74, 6) is -0.113. The smallest absolute Gasteiger partial charge is 0.312 e. The van der Waals surface area contributed by atoms with Crippen LogP contribution in [0.25, 0.3) is 9.88 Å². The van der Waals surface area contributed by atoms with Gasteiger partial charge in [0.05, 0.1) is 17.1 Å². The van der Waals surface area contributed by atoms with E-state index in [4.69, 9.17) is 0 Å². The van der Waals surface area contributed by atoms with Crippen LogP contribution in [0.3, 0.4) is 0 Å². The van der Waals surface area contributed by atoms with Crippen molar-refractivity contribution in [1.82, 2.24) is 14.8 Å². The molecule has 3 heterocycles. The van der Waals surface area contributed by atoms with Crippen LogP contribution in [0, 0.1) is 0 Å². The molecule has 0 unspecified atom stereocenters. The highest BCUT2D eigenvalue weighted by molar-refractivity contribution is 7.20. The molecule has 2 aliphatic rings. The van der Waals surface area contributed by atoms with Crippen LogP contribution in [0.2, 0.25) is 0 Å². The van der Waals surface area contributed by atoms with Gasteiger partial charge in [-0.3, -0.25) is 9.69 Å². The van der Waals surface area contributed by atoms with Gasteiger partial charge in [0.1, 0.15) is 11.6 Å². The van der Waals surface area contributed by atoms with Gasteiger partial charge < -0.3 is 4.90 Å². The van der Waals surface area contributed by atoms with Gasteiger partial charge in [-0.25, -0.2) is 9.78 Å². The Kier molecular flexibility index (Phi) is 3.04. The number of rotatable bonds is 4. The van der Waals surface area contributed by atoms with Gasteiger partial charge in [0.25, 0.3) is 5.91 Å². The van der Waals surface area contributed by atoms with Crippen molar-refractivity contribution in [2.75, 3.05) is 6.54 Å². The normalized spacial score (nSPS) is 18.9. The van der Waals surface area contributed by atoms with E-state index in [0.717, 1.165) is 28.4 Å². The predicted molar refractivity (Wildman–Crippen MR) is 81.1 cm³/mol. The minimum absolute atomic E-state index is 0.113. The fourth-order valence-electron chi connectivity index (χ4n) is 2.44. The first-order valence-electron chi connectivity index (χ1n) is 6.81. The van der Waals surface area contributed by atoms with Crippen molar-refractivity contribution in [3.63, 3.8) is 0 Å². The van der Waals surface area contributed by atoms with E-state index in [9.17, 15) is 9.59 Å². The maximum absolute atomic E-state index is 12.2. The number of imide groups is 1. The Bertz CT molecular complexity index is 691. The van der Waals surface area contributed by atoms with E-state index in [1.807, 2.05) is 22.9 Å². The van der Waals surface area contributed by atoms with Crippen molar-refractivity contribution < 1.29 is 9.59 Å². The van der Waals surface area contributed by atoms with Crippen LogP contribution < -0.4 is 0 Å². The maximum Gasteiger partial charge on any atom is 0.327 e. The molecule has 108 valence electrons. The highest BCUT2D eigenvalue weighted by Gasteiger charge is 2.43. The van der Waals surface area contributed by atoms with E-state index in [-0.39, 0.29) is 31.1 Å². The number of aromatic nitrogens is 1. The third kappa shape index (κ3) is 2.36. The monoisotopic (exact) mass is 319 g/mol. The molecule has 4 rings (SSSR count). The van der Waals surface area contributed by atoms with Crippen LogP contribution in [-0.4, -0.2) is 39.3 Å². The molecule has 0 atom stereocenters. The summed E-state index contributed by atoms with van der Waals surface area (Å²) in [5, 5.41) is 4.88. The molecule has 1 aliphatic carbocycles. The van der Waals surface area contributed by atoms with Crippen molar-refractivity contribution in [3.8, 4) is 9.88 Å². The third-order valence-electron chi connectivity index (χ3n) is 3.67. The molecule has 0 bridgehead atoms. The lowest BCUT2D eigenvalue weighted by atomic mass is 10.4. The minimum Gasteiger partial charge on any atom is -0.312 e. The number of urea groups is 1. The van der Waals surface area contributed by atoms with Gasteiger partial charge in [0, 0.05) is 11.4 Å². The topological polar surface area (TPSA) is 53.5 Å². The standard InChI is InChI=1S/C14H13N3O2S2/c18-12-7-16(10-3-4-10)14(19)17(12)6-9-8-21-13(15-9)11-2-1-5-20-11/h1-2,5,8,10H,3-4,6-7H2. The molecule has 2 aromatic rings. The van der Waals surface area contributed by atoms with Gasteiger partial charge in [-0.2, -0.15) is 0 Å². The average Bonchev–Trinajstić information content (AvgIpc) is 2.90. The van der Waals surface area contributed by atoms with Gasteiger partial charge in [-0.15, -0.1) is 22.7 Å². The Morgan fingerprint density at radius 3 is 2.86 bits per heavy atom. The van der Waals surface area contributed by atoms with Crippen LogP contribution in [0.4, 0.5) is 4.79 Å². The molecule has 0 radical (unpaired) electrons. The highest BCUT2D eigenvalue weighted by Crippen LogP contribution is 2.32. The lowest BCUT2D eigenvalue weighted by molar-refractivity contribution is -0.125. The third-order valence-corrected chi connectivity index (χ3v) is 5.60. The molecule has 21 heavy (non-hydrogen) atoms. The van der Waals surface area contributed by atoms with Gasteiger partial charge in [-0.1, -0.05) is 6.07 Å². The number of amides is 3. The summed E-state index contributed by atoms with van der Waals surface area (Å²) in [5.41, 5.74) is 0.780. The first-order valence-corrected chi connectivity index (χ1v) is 8.57. The number of nitrogens with zero attached hydrogens (tertiary/aromatic N) is 3. The number of carbonyl (C=O) groups excluding carboxylic acids is 2. The largest absolute Gasteiger partial charge is 0.327 e. The van der Waals surface area contributed by atoms with Crippen LogP contribution >= 0.6 is 22.7 Å². The average molecular weight is 319 g/mol. The summed E-state index contributed by atoms with van der Waals surface area (Å²) in [6, 6.07) is 4.13. The zero-order valence-electron chi connectivity index (χ0n) is 11.2. The lowest BCUT2D eigenvalue weighted by Gasteiger charge is -2.15. The molecule has 1 saturated heterocycles. The van der Waals surface area contributed by atoms with Crippen LogP contribution in [0.1, 0.15) is 18.5 Å². The molecule has 0 aromatic carbocycles. The number of hydrogen-bond donors (Lipinski definition) is 0. The van der Waals surface area contributed by atoms with E-state index >= 15 is 0 Å². The molecule has 1 saturated carbocycles. The Morgan fingerprint density at radius 1 is 1.29 bits per heavy atom. The Balaban J connectivity index is 1.51. The molecule has 5 nitrogen and oxygen atoms in total. The summed E-state index contributed by atoms with van der Waals surface area (Å²) in [6.45, 7) is 0.508. The molecule has 1 aliphatic heterocycles. The first kappa shape index (κ1) is 13.0. The molecule has 0 N–H and O–H groups in total. The quantitative estimate of drug-likeness (QED) is 0.814. The summed E-state index contributed by atoms with van der Waals surface area (Å²) in [4.78, 5) is 32.9. The second-order valence-corrected chi connectivity index (χ2v) is 7.05. The molecular formula is C14H13N3O2S2. The van der Waals surface area contributed by atoms with Crippen LogP contribution in [0.5, 0.6) is 0 Å². The number of thiophene rings is 1. The number of hydrogen-bond acceptors (Lipinski definition) is 5. The maximum atomic E-state index is 12.2. The molecule has 7 heteroatoms. The Morgan fingerprint density at radius 2 is 2.14 bits per heavy atom. The number of thiazole rings is 1. The SMILES string of the molecule is O=C1CN(C2CC2)C(=O)N1Cc1csc(-c2cccs2)n1. The molecule has 2 fully saturated rings. The summed E-state index contributed by atoms with van der Waals surface area (Å²) < 4.78 is 0. The number of carbonyl (C=O) groups is 2. The molecule has 2 aromatic heterocycles. The van der Waals surface area contributed by atoms with Crippen molar-refractivity contribution in [1.29, 1.82) is 0 Å². The van der Waals surface area contributed by atoms with Crippen molar-refractivity contribution >= 4 is 34.6 Å². The minimum atomic E-state index is -0.159. The van der Waals surface area contributed by atoms with Crippen molar-refractivity contribution in [2.24, 2.45) is 0 Å². The van der Waals surface area contributed by atoms with Crippen LogP contribution in [0.15, 0.2) is 22.9 Å². The zero-order chi connectivity index (χ0) is 14.4. The Labute approximate surface area is 129 Å². The van der Waals surface area contributed by atoms with E-state index in [1.54, 1.807) is 27.6 Å². The molecular weight excluding hydrogens is 306 g/mol. The van der Waals surface area contributed by atoms with Crippen LogP contribution in [-0.2, 0) is 11.3 Å². The predicted octanol–water partition coefficient (Wildman–Crippen LogP) is 2.80. The van der Waals surface area contributed by atoms with E-state index in [1.165, 1.54) is 4.90 Å². The fourth-order valence-corrected chi connectivity index (χ4v) is 4.07. The second kappa shape index (κ2) is 4.92. The lowest BCUT2D eigenvalue weighted by Crippen LogP contribution is -2.33.